The lowest BCUT2D eigenvalue weighted by atomic mass is 10.1. The van der Waals surface area contributed by atoms with Crippen LogP contribution >= 0.6 is 0 Å². The van der Waals surface area contributed by atoms with E-state index in [0.717, 1.165) is 6.42 Å². The number of hydrogen-bond donors (Lipinski definition) is 1. The Hall–Kier alpha value is -3.15. The van der Waals surface area contributed by atoms with Crippen molar-refractivity contribution < 1.29 is 14.3 Å². The first-order chi connectivity index (χ1) is 13.1. The van der Waals surface area contributed by atoms with E-state index in [2.05, 4.69) is 41.3 Å². The molecule has 6 heteroatoms. The van der Waals surface area contributed by atoms with Crippen LogP contribution in [-0.4, -0.2) is 36.3 Å². The zero-order valence-corrected chi connectivity index (χ0v) is 15.8. The van der Waals surface area contributed by atoms with Crippen molar-refractivity contribution in [2.75, 3.05) is 26.1 Å². The van der Waals surface area contributed by atoms with Crippen molar-refractivity contribution in [3.05, 3.63) is 53.7 Å². The van der Waals surface area contributed by atoms with Gasteiger partial charge in [0.25, 0.3) is 0 Å². The number of amides is 2. The van der Waals surface area contributed by atoms with Crippen molar-refractivity contribution in [3.8, 4) is 11.5 Å². The number of nitrogens with zero attached hydrogens (tertiary/aromatic N) is 2. The number of anilines is 1. The molecule has 0 fully saturated rings. The summed E-state index contributed by atoms with van der Waals surface area (Å²) in [7, 11) is 5.24. The van der Waals surface area contributed by atoms with Crippen LogP contribution in [0.25, 0.3) is 10.9 Å². The van der Waals surface area contributed by atoms with Crippen LogP contribution in [0.5, 0.6) is 11.5 Å². The first kappa shape index (κ1) is 17.3. The summed E-state index contributed by atoms with van der Waals surface area (Å²) in [5.74, 6) is 1.22. The van der Waals surface area contributed by atoms with E-state index in [4.69, 9.17) is 9.47 Å². The van der Waals surface area contributed by atoms with Gasteiger partial charge in [-0.2, -0.15) is 0 Å². The fraction of sp³-hybridized carbons (Fsp3) is 0.286. The Morgan fingerprint density at radius 3 is 2.67 bits per heavy atom. The molecule has 27 heavy (non-hydrogen) atoms. The number of aryl methyl sites for hydroxylation is 1. The van der Waals surface area contributed by atoms with Gasteiger partial charge >= 0.3 is 6.03 Å². The van der Waals surface area contributed by atoms with Crippen molar-refractivity contribution in [2.24, 2.45) is 7.05 Å². The third-order valence-corrected chi connectivity index (χ3v) is 5.11. The van der Waals surface area contributed by atoms with E-state index in [1.807, 2.05) is 11.0 Å². The molecule has 140 valence electrons. The van der Waals surface area contributed by atoms with Crippen molar-refractivity contribution in [3.63, 3.8) is 0 Å². The zero-order valence-electron chi connectivity index (χ0n) is 15.8. The lowest BCUT2D eigenvalue weighted by Gasteiger charge is -2.22. The summed E-state index contributed by atoms with van der Waals surface area (Å²) < 4.78 is 12.7. The first-order valence-electron chi connectivity index (χ1n) is 8.94. The number of benzene rings is 2. The zero-order chi connectivity index (χ0) is 19.0. The van der Waals surface area contributed by atoms with Gasteiger partial charge in [-0.15, -0.1) is 0 Å². The number of hydrogen-bond acceptors (Lipinski definition) is 3. The number of nitrogens with one attached hydrogen (secondary N) is 1. The summed E-state index contributed by atoms with van der Waals surface area (Å²) in [6.07, 6.45) is 3.01. The van der Waals surface area contributed by atoms with Crippen LogP contribution in [0.15, 0.2) is 42.6 Å². The van der Waals surface area contributed by atoms with Gasteiger partial charge in [-0.05, 0) is 35.7 Å². The molecule has 4 rings (SSSR count). The minimum atomic E-state index is -0.117. The van der Waals surface area contributed by atoms with Crippen LogP contribution < -0.4 is 14.8 Å². The van der Waals surface area contributed by atoms with E-state index < -0.39 is 0 Å². The second-order valence-corrected chi connectivity index (χ2v) is 6.75. The predicted molar refractivity (Wildman–Crippen MR) is 106 cm³/mol. The lowest BCUT2D eigenvalue weighted by molar-refractivity contribution is 0.210. The molecule has 0 bridgehead atoms. The first-order valence-corrected chi connectivity index (χ1v) is 8.94. The molecule has 1 aliphatic heterocycles. The van der Waals surface area contributed by atoms with E-state index in [1.54, 1.807) is 26.4 Å². The topological polar surface area (TPSA) is 55.7 Å². The van der Waals surface area contributed by atoms with Gasteiger partial charge in [0, 0.05) is 49.0 Å². The van der Waals surface area contributed by atoms with E-state index in [-0.39, 0.29) is 6.03 Å². The van der Waals surface area contributed by atoms with Gasteiger partial charge in [-0.25, -0.2) is 4.79 Å². The van der Waals surface area contributed by atoms with E-state index >= 15 is 0 Å². The average Bonchev–Trinajstić information content (AvgIpc) is 2.89. The van der Waals surface area contributed by atoms with E-state index in [1.165, 1.54) is 22.0 Å². The van der Waals surface area contributed by atoms with Crippen molar-refractivity contribution in [2.45, 2.75) is 13.0 Å². The van der Waals surface area contributed by atoms with Gasteiger partial charge < -0.3 is 24.3 Å². The highest BCUT2D eigenvalue weighted by Crippen LogP contribution is 2.31. The number of methoxy groups -OCH3 is 2. The quantitative estimate of drug-likeness (QED) is 0.768. The normalized spacial score (nSPS) is 13.4. The van der Waals surface area contributed by atoms with Crippen LogP contribution in [0.2, 0.25) is 0 Å². The Balaban J connectivity index is 1.56. The fourth-order valence-electron chi connectivity index (χ4n) is 3.77. The highest BCUT2D eigenvalue weighted by molar-refractivity contribution is 5.92. The van der Waals surface area contributed by atoms with Gasteiger partial charge in [0.15, 0.2) is 11.5 Å². The number of aromatic nitrogens is 1. The van der Waals surface area contributed by atoms with E-state index in [9.17, 15) is 4.79 Å². The molecule has 1 aliphatic rings. The molecule has 0 aliphatic carbocycles. The molecule has 0 unspecified atom stereocenters. The Morgan fingerprint density at radius 2 is 1.89 bits per heavy atom. The highest BCUT2D eigenvalue weighted by atomic mass is 16.5. The van der Waals surface area contributed by atoms with Crippen LogP contribution in [0.1, 0.15) is 11.1 Å². The lowest BCUT2D eigenvalue weighted by Crippen LogP contribution is -2.35. The highest BCUT2D eigenvalue weighted by Gasteiger charge is 2.22. The molecule has 0 radical (unpaired) electrons. The maximum Gasteiger partial charge on any atom is 0.322 e. The van der Waals surface area contributed by atoms with Gasteiger partial charge in [0.1, 0.15) is 0 Å². The standard InChI is InChI=1S/C21H23N3O3/c1-23-12-15-9-10-24(13-14-5-4-6-17(23)20(14)15)21(25)22-16-7-8-18(26-2)19(11-16)27-3/h4-8,11-12H,9-10,13H2,1-3H3,(H,22,25). The Morgan fingerprint density at radius 1 is 1.07 bits per heavy atom. The second-order valence-electron chi connectivity index (χ2n) is 6.75. The largest absolute Gasteiger partial charge is 0.493 e. The third kappa shape index (κ3) is 3.07. The van der Waals surface area contributed by atoms with Crippen LogP contribution in [0, 0.1) is 0 Å². The van der Waals surface area contributed by atoms with Crippen LogP contribution in [-0.2, 0) is 20.0 Å². The molecule has 3 aromatic rings. The van der Waals surface area contributed by atoms with Crippen LogP contribution in [0.4, 0.5) is 10.5 Å². The molecular formula is C21H23N3O3. The van der Waals surface area contributed by atoms with Crippen LogP contribution in [0.3, 0.4) is 0 Å². The summed E-state index contributed by atoms with van der Waals surface area (Å²) in [5, 5.41) is 4.25. The van der Waals surface area contributed by atoms with Gasteiger partial charge in [0.05, 0.1) is 14.2 Å². The predicted octanol–water partition coefficient (Wildman–Crippen LogP) is 3.79. The molecule has 1 aromatic heterocycles. The Kier molecular flexibility index (Phi) is 4.39. The number of carbonyl (C=O) groups is 1. The minimum absolute atomic E-state index is 0.117. The summed E-state index contributed by atoms with van der Waals surface area (Å²) in [4.78, 5) is 14.7. The molecule has 0 atom stereocenters. The van der Waals surface area contributed by atoms with Gasteiger partial charge in [-0.1, -0.05) is 12.1 Å². The molecule has 2 amide bonds. The molecule has 2 aromatic carbocycles. The second kappa shape index (κ2) is 6.87. The summed E-state index contributed by atoms with van der Waals surface area (Å²) in [6.45, 7) is 1.26. The molecule has 0 saturated heterocycles. The van der Waals surface area contributed by atoms with Crippen molar-refractivity contribution >= 4 is 22.6 Å². The van der Waals surface area contributed by atoms with E-state index in [0.29, 0.717) is 30.3 Å². The minimum Gasteiger partial charge on any atom is -0.493 e. The smallest absolute Gasteiger partial charge is 0.322 e. The number of carbonyl (C=O) groups excluding carboxylic acids is 1. The summed E-state index contributed by atoms with van der Waals surface area (Å²) in [6, 6.07) is 11.5. The maximum absolute atomic E-state index is 12.9. The fourth-order valence-corrected chi connectivity index (χ4v) is 3.77. The number of ether oxygens (including phenoxy) is 2. The Bertz CT molecular complexity index is 1010. The molecule has 0 spiro atoms. The molecule has 2 heterocycles. The van der Waals surface area contributed by atoms with Gasteiger partial charge in [0.2, 0.25) is 0 Å². The van der Waals surface area contributed by atoms with Crippen molar-refractivity contribution in [1.29, 1.82) is 0 Å². The average molecular weight is 365 g/mol. The van der Waals surface area contributed by atoms with Crippen molar-refractivity contribution in [1.82, 2.24) is 9.47 Å². The summed E-state index contributed by atoms with van der Waals surface area (Å²) >= 11 is 0. The van der Waals surface area contributed by atoms with Gasteiger partial charge in [-0.3, -0.25) is 0 Å². The molecule has 1 N–H and O–H groups in total. The third-order valence-electron chi connectivity index (χ3n) is 5.11. The Labute approximate surface area is 158 Å². The number of rotatable bonds is 3. The summed E-state index contributed by atoms with van der Waals surface area (Å²) in [5.41, 5.74) is 4.37. The maximum atomic E-state index is 12.9. The molecular weight excluding hydrogens is 342 g/mol. The molecule has 0 saturated carbocycles. The number of urea groups is 1. The monoisotopic (exact) mass is 365 g/mol. The molecule has 6 nitrogen and oxygen atoms in total. The SMILES string of the molecule is COc1ccc(NC(=O)N2CCc3cn(C)c4cccc(c34)C2)cc1OC.